The van der Waals surface area contributed by atoms with Crippen molar-refractivity contribution < 1.29 is 15.0 Å². The van der Waals surface area contributed by atoms with Gasteiger partial charge in [0.2, 0.25) is 0 Å². The number of nitrogens with zero attached hydrogens (tertiary/aromatic N) is 1. The minimum Gasteiger partial charge on any atom is -0.385 e. The number of aliphatic hydroxyl groups excluding tert-OH is 2. The van der Waals surface area contributed by atoms with Crippen LogP contribution < -0.4 is 4.90 Å². The number of rotatable bonds is 6. The molecule has 94 valence electrons. The molecule has 0 radical (unpaired) electrons. The summed E-state index contributed by atoms with van der Waals surface area (Å²) in [4.78, 5) is 12.5. The Balaban J connectivity index is 2.83. The van der Waals surface area contributed by atoms with Crippen LogP contribution in [-0.2, 0) is 4.79 Å². The highest BCUT2D eigenvalue weighted by Gasteiger charge is 2.17. The summed E-state index contributed by atoms with van der Waals surface area (Å²) in [5.41, 5.74) is 1.60. The summed E-state index contributed by atoms with van der Waals surface area (Å²) >= 11 is 0. The molecule has 4 heteroatoms. The van der Waals surface area contributed by atoms with Gasteiger partial charge in [0, 0.05) is 18.8 Å². The fourth-order valence-corrected chi connectivity index (χ4v) is 1.74. The lowest BCUT2D eigenvalue weighted by atomic mass is 10.0. The number of carbonyl (C=O) groups is 1. The van der Waals surface area contributed by atoms with Crippen molar-refractivity contribution in [3.05, 3.63) is 29.8 Å². The van der Waals surface area contributed by atoms with Crippen molar-refractivity contribution in [3.8, 4) is 0 Å². The summed E-state index contributed by atoms with van der Waals surface area (Å²) < 4.78 is 0. The Bertz CT molecular complexity index is 346. The molecule has 0 bridgehead atoms. The molecule has 0 amide bonds. The van der Waals surface area contributed by atoms with Gasteiger partial charge in [0.05, 0.1) is 0 Å². The number of hydrogen-bond acceptors (Lipinski definition) is 4. The molecule has 0 aliphatic rings. The molecule has 2 unspecified atom stereocenters. The second-order valence-corrected chi connectivity index (χ2v) is 3.84. The van der Waals surface area contributed by atoms with Gasteiger partial charge in [-0.1, -0.05) is 12.1 Å². The summed E-state index contributed by atoms with van der Waals surface area (Å²) in [6, 6.07) is 7.21. The number of carbonyl (C=O) groups excluding carboxylic acids is 1. The predicted molar refractivity (Wildman–Crippen MR) is 67.0 cm³/mol. The molecule has 1 aromatic rings. The Hall–Kier alpha value is -1.39. The monoisotopic (exact) mass is 237 g/mol. The first-order valence-electron chi connectivity index (χ1n) is 5.80. The van der Waals surface area contributed by atoms with E-state index in [0.29, 0.717) is 11.8 Å². The fourth-order valence-electron chi connectivity index (χ4n) is 1.74. The van der Waals surface area contributed by atoms with Gasteiger partial charge in [-0.2, -0.15) is 0 Å². The van der Waals surface area contributed by atoms with Gasteiger partial charge < -0.3 is 19.9 Å². The summed E-state index contributed by atoms with van der Waals surface area (Å²) in [6.45, 7) is 5.97. The third kappa shape index (κ3) is 3.28. The highest BCUT2D eigenvalue weighted by atomic mass is 16.3. The molecule has 2 atom stereocenters. The van der Waals surface area contributed by atoms with Gasteiger partial charge in [0.1, 0.15) is 12.2 Å². The molecule has 0 saturated heterocycles. The van der Waals surface area contributed by atoms with Crippen molar-refractivity contribution in [2.45, 2.75) is 26.1 Å². The third-order valence-corrected chi connectivity index (χ3v) is 2.83. The molecule has 1 rings (SSSR count). The normalized spacial score (nSPS) is 14.1. The van der Waals surface area contributed by atoms with E-state index in [1.54, 1.807) is 12.1 Å². The van der Waals surface area contributed by atoms with E-state index in [9.17, 15) is 15.0 Å². The maximum atomic E-state index is 10.4. The van der Waals surface area contributed by atoms with E-state index in [0.717, 1.165) is 18.8 Å². The molecule has 0 aromatic heterocycles. The minimum absolute atomic E-state index is 0.336. The molecule has 0 fully saturated rings. The molecule has 0 aliphatic carbocycles. The predicted octanol–water partition coefficient (Wildman–Crippen LogP) is 1.13. The third-order valence-electron chi connectivity index (χ3n) is 2.83. The van der Waals surface area contributed by atoms with Crippen LogP contribution in [0.2, 0.25) is 0 Å². The Morgan fingerprint density at radius 2 is 1.71 bits per heavy atom. The first-order chi connectivity index (χ1) is 8.13. The van der Waals surface area contributed by atoms with Gasteiger partial charge in [-0.15, -0.1) is 0 Å². The maximum Gasteiger partial charge on any atom is 0.151 e. The van der Waals surface area contributed by atoms with E-state index in [1.165, 1.54) is 0 Å². The van der Waals surface area contributed by atoms with Crippen LogP contribution in [0.5, 0.6) is 0 Å². The Labute approximate surface area is 101 Å². The van der Waals surface area contributed by atoms with Crippen LogP contribution in [0.4, 0.5) is 5.69 Å². The highest BCUT2D eigenvalue weighted by molar-refractivity contribution is 5.58. The van der Waals surface area contributed by atoms with E-state index in [-0.39, 0.29) is 0 Å². The number of hydrogen-bond donors (Lipinski definition) is 2. The Kier molecular flexibility index (Phi) is 5.12. The van der Waals surface area contributed by atoms with E-state index in [1.807, 2.05) is 12.1 Å². The zero-order chi connectivity index (χ0) is 12.8. The van der Waals surface area contributed by atoms with Crippen molar-refractivity contribution in [3.63, 3.8) is 0 Å². The summed E-state index contributed by atoms with van der Waals surface area (Å²) in [5, 5.41) is 18.9. The molecule has 0 heterocycles. The SMILES string of the molecule is CCN(CC)c1ccc(C(O)C(O)C=O)cc1. The van der Waals surface area contributed by atoms with E-state index in [4.69, 9.17) is 0 Å². The average molecular weight is 237 g/mol. The van der Waals surface area contributed by atoms with Gasteiger partial charge in [-0.3, -0.25) is 0 Å². The lowest BCUT2D eigenvalue weighted by molar-refractivity contribution is -0.120. The van der Waals surface area contributed by atoms with E-state index >= 15 is 0 Å². The van der Waals surface area contributed by atoms with Gasteiger partial charge in [0.25, 0.3) is 0 Å². The first-order valence-corrected chi connectivity index (χ1v) is 5.80. The smallest absolute Gasteiger partial charge is 0.151 e. The van der Waals surface area contributed by atoms with Gasteiger partial charge >= 0.3 is 0 Å². The zero-order valence-electron chi connectivity index (χ0n) is 10.2. The highest BCUT2D eigenvalue weighted by Crippen LogP contribution is 2.20. The molecule has 1 aromatic carbocycles. The zero-order valence-corrected chi connectivity index (χ0v) is 10.2. The van der Waals surface area contributed by atoms with Crippen LogP contribution >= 0.6 is 0 Å². The van der Waals surface area contributed by atoms with Crippen LogP contribution in [-0.4, -0.2) is 35.7 Å². The quantitative estimate of drug-likeness (QED) is 0.728. The number of anilines is 1. The average Bonchev–Trinajstić information content (AvgIpc) is 2.39. The molecular formula is C13H19NO3. The van der Waals surface area contributed by atoms with Gasteiger partial charge in [-0.05, 0) is 31.5 Å². The maximum absolute atomic E-state index is 10.4. The fraction of sp³-hybridized carbons (Fsp3) is 0.462. The second-order valence-electron chi connectivity index (χ2n) is 3.84. The van der Waals surface area contributed by atoms with Crippen LogP contribution in [0.1, 0.15) is 25.5 Å². The minimum atomic E-state index is -1.37. The molecule has 0 spiro atoms. The standard InChI is InChI=1S/C13H19NO3/c1-3-14(4-2)11-7-5-10(6-8-11)13(17)12(16)9-15/h5-9,12-13,16-17H,3-4H2,1-2H3. The lowest BCUT2D eigenvalue weighted by Crippen LogP contribution is -2.22. The summed E-state index contributed by atoms with van der Waals surface area (Å²) in [6.07, 6.45) is -2.18. The van der Waals surface area contributed by atoms with Crippen LogP contribution in [0.15, 0.2) is 24.3 Å². The topological polar surface area (TPSA) is 60.8 Å². The van der Waals surface area contributed by atoms with Crippen molar-refractivity contribution in [2.75, 3.05) is 18.0 Å². The van der Waals surface area contributed by atoms with Crippen LogP contribution in [0, 0.1) is 0 Å². The molecule has 2 N–H and O–H groups in total. The van der Waals surface area contributed by atoms with Crippen LogP contribution in [0.25, 0.3) is 0 Å². The van der Waals surface area contributed by atoms with Crippen molar-refractivity contribution in [1.29, 1.82) is 0 Å². The largest absolute Gasteiger partial charge is 0.385 e. The lowest BCUT2D eigenvalue weighted by Gasteiger charge is -2.22. The van der Waals surface area contributed by atoms with Crippen molar-refractivity contribution >= 4 is 12.0 Å². The molecule has 4 nitrogen and oxygen atoms in total. The van der Waals surface area contributed by atoms with Crippen molar-refractivity contribution in [1.82, 2.24) is 0 Å². The molecule has 0 aliphatic heterocycles. The summed E-state index contributed by atoms with van der Waals surface area (Å²) in [5.74, 6) is 0. The molecular weight excluding hydrogens is 218 g/mol. The summed E-state index contributed by atoms with van der Waals surface area (Å²) in [7, 11) is 0. The Morgan fingerprint density at radius 3 is 2.12 bits per heavy atom. The van der Waals surface area contributed by atoms with E-state index in [2.05, 4.69) is 18.7 Å². The van der Waals surface area contributed by atoms with E-state index < -0.39 is 12.2 Å². The molecule has 0 saturated carbocycles. The van der Waals surface area contributed by atoms with Crippen molar-refractivity contribution in [2.24, 2.45) is 0 Å². The Morgan fingerprint density at radius 1 is 1.18 bits per heavy atom. The number of aldehydes is 1. The van der Waals surface area contributed by atoms with Crippen LogP contribution in [0.3, 0.4) is 0 Å². The first kappa shape index (κ1) is 13.7. The van der Waals surface area contributed by atoms with Gasteiger partial charge in [0.15, 0.2) is 6.29 Å². The number of benzene rings is 1. The second kappa shape index (κ2) is 6.37. The molecule has 17 heavy (non-hydrogen) atoms. The number of aliphatic hydroxyl groups is 2. The van der Waals surface area contributed by atoms with Gasteiger partial charge in [-0.25, -0.2) is 0 Å².